The van der Waals surface area contributed by atoms with Crippen LogP contribution >= 0.6 is 39.9 Å². The first-order valence-electron chi connectivity index (χ1n) is 3.31. The molecule has 1 aromatic heterocycles. The second kappa shape index (κ2) is 3.78. The van der Waals surface area contributed by atoms with Crippen molar-refractivity contribution in [3.63, 3.8) is 0 Å². The molecule has 2 aromatic rings. The van der Waals surface area contributed by atoms with E-state index in [9.17, 15) is 0 Å². The van der Waals surface area contributed by atoms with Gasteiger partial charge < -0.3 is 10.2 Å². The lowest BCUT2D eigenvalue weighted by Crippen LogP contribution is -1.86. The number of nitrogens with two attached hydrogens (primary N) is 1. The van der Waals surface area contributed by atoms with Crippen LogP contribution in [-0.4, -0.2) is 0 Å². The predicted molar refractivity (Wildman–Crippen MR) is 60.6 cm³/mol. The predicted octanol–water partition coefficient (Wildman–Crippen LogP) is 3.85. The number of hydrogen-bond donors (Lipinski definition) is 1. The Balaban J connectivity index is 0.000000845. The summed E-state index contributed by atoms with van der Waals surface area (Å²) < 4.78 is 5.94. The summed E-state index contributed by atoms with van der Waals surface area (Å²) in [6, 6.07) is 3.52. The third kappa shape index (κ3) is 1.64. The summed E-state index contributed by atoms with van der Waals surface area (Å²) >= 11 is 9.20. The molecule has 0 saturated heterocycles. The number of halogens is 3. The highest BCUT2D eigenvalue weighted by Gasteiger charge is 2.08. The Labute approximate surface area is 94.6 Å². The van der Waals surface area contributed by atoms with Crippen LogP contribution in [0.15, 0.2) is 27.3 Å². The average molecular weight is 283 g/mol. The lowest BCUT2D eigenvalue weighted by Gasteiger charge is -2.00. The molecule has 0 aliphatic heterocycles. The maximum Gasteiger partial charge on any atom is 0.154 e. The van der Waals surface area contributed by atoms with Crippen LogP contribution in [0.3, 0.4) is 0 Å². The van der Waals surface area contributed by atoms with E-state index in [4.69, 9.17) is 21.8 Å². The third-order valence-electron chi connectivity index (χ3n) is 1.68. The summed E-state index contributed by atoms with van der Waals surface area (Å²) in [5.74, 6) is 0. The van der Waals surface area contributed by atoms with Gasteiger partial charge in [-0.15, -0.1) is 12.4 Å². The standard InChI is InChI=1S/C8H5BrClNO.ClH/c9-5-3-6(10)8-4(7(5)11)1-2-12-8;/h1-3H,11H2;1H. The Hall–Kier alpha value is -0.380. The van der Waals surface area contributed by atoms with Crippen molar-refractivity contribution in [3.05, 3.63) is 27.9 Å². The van der Waals surface area contributed by atoms with Crippen LogP contribution in [0.25, 0.3) is 11.0 Å². The third-order valence-corrected chi connectivity index (χ3v) is 2.62. The molecule has 2 rings (SSSR count). The van der Waals surface area contributed by atoms with E-state index in [0.29, 0.717) is 16.3 Å². The first-order valence-corrected chi connectivity index (χ1v) is 4.48. The summed E-state index contributed by atoms with van der Waals surface area (Å²) in [4.78, 5) is 0. The van der Waals surface area contributed by atoms with E-state index in [-0.39, 0.29) is 12.4 Å². The second-order valence-corrected chi connectivity index (χ2v) is 3.68. The largest absolute Gasteiger partial charge is 0.463 e. The van der Waals surface area contributed by atoms with Crippen molar-refractivity contribution >= 4 is 56.6 Å². The van der Waals surface area contributed by atoms with E-state index < -0.39 is 0 Å². The minimum absolute atomic E-state index is 0. The smallest absolute Gasteiger partial charge is 0.154 e. The number of nitrogen functional groups attached to an aromatic ring is 1. The van der Waals surface area contributed by atoms with E-state index >= 15 is 0 Å². The Morgan fingerprint density at radius 2 is 2.15 bits per heavy atom. The molecule has 5 heteroatoms. The first-order chi connectivity index (χ1) is 5.70. The van der Waals surface area contributed by atoms with Crippen LogP contribution in [0.2, 0.25) is 5.02 Å². The normalized spacial score (nSPS) is 10.0. The van der Waals surface area contributed by atoms with Gasteiger partial charge in [0.25, 0.3) is 0 Å². The second-order valence-electron chi connectivity index (χ2n) is 2.42. The zero-order chi connectivity index (χ0) is 8.72. The molecule has 0 aliphatic rings. The highest BCUT2D eigenvalue weighted by molar-refractivity contribution is 9.10. The van der Waals surface area contributed by atoms with Gasteiger partial charge in [-0.2, -0.15) is 0 Å². The van der Waals surface area contributed by atoms with Gasteiger partial charge in [0.1, 0.15) is 0 Å². The van der Waals surface area contributed by atoms with Gasteiger partial charge in [0.15, 0.2) is 5.58 Å². The number of anilines is 1. The van der Waals surface area contributed by atoms with Crippen LogP contribution in [0, 0.1) is 0 Å². The van der Waals surface area contributed by atoms with Gasteiger partial charge in [0, 0.05) is 9.86 Å². The number of furan rings is 1. The fourth-order valence-electron chi connectivity index (χ4n) is 1.09. The van der Waals surface area contributed by atoms with Crippen molar-refractivity contribution in [3.8, 4) is 0 Å². The molecule has 0 unspecified atom stereocenters. The Morgan fingerprint density at radius 3 is 2.85 bits per heavy atom. The van der Waals surface area contributed by atoms with Gasteiger partial charge in [-0.05, 0) is 28.1 Å². The van der Waals surface area contributed by atoms with Gasteiger partial charge in [0.2, 0.25) is 0 Å². The molecule has 0 radical (unpaired) electrons. The minimum Gasteiger partial charge on any atom is -0.463 e. The van der Waals surface area contributed by atoms with E-state index in [1.54, 1.807) is 18.4 Å². The van der Waals surface area contributed by atoms with E-state index in [2.05, 4.69) is 15.9 Å². The molecule has 0 bridgehead atoms. The maximum atomic E-state index is 5.90. The molecule has 13 heavy (non-hydrogen) atoms. The summed E-state index contributed by atoms with van der Waals surface area (Å²) in [6.07, 6.45) is 1.57. The topological polar surface area (TPSA) is 39.2 Å². The number of benzene rings is 1. The number of fused-ring (bicyclic) bond motifs is 1. The molecule has 2 N–H and O–H groups in total. The molecule has 0 fully saturated rings. The lowest BCUT2D eigenvalue weighted by atomic mass is 10.2. The Morgan fingerprint density at radius 1 is 1.46 bits per heavy atom. The molecule has 0 amide bonds. The molecule has 0 saturated carbocycles. The van der Waals surface area contributed by atoms with Crippen LogP contribution in [-0.2, 0) is 0 Å². The quantitative estimate of drug-likeness (QED) is 0.746. The zero-order valence-corrected chi connectivity index (χ0v) is 9.54. The summed E-state index contributed by atoms with van der Waals surface area (Å²) in [7, 11) is 0. The fraction of sp³-hybridized carbons (Fsp3) is 0. The van der Waals surface area contributed by atoms with E-state index in [1.165, 1.54) is 0 Å². The Bertz CT molecular complexity index is 441. The fourth-order valence-corrected chi connectivity index (χ4v) is 1.92. The van der Waals surface area contributed by atoms with Crippen molar-refractivity contribution in [1.82, 2.24) is 0 Å². The number of rotatable bonds is 0. The highest BCUT2D eigenvalue weighted by Crippen LogP contribution is 2.34. The van der Waals surface area contributed by atoms with Gasteiger partial charge in [-0.25, -0.2) is 0 Å². The van der Waals surface area contributed by atoms with Gasteiger partial charge in [-0.3, -0.25) is 0 Å². The van der Waals surface area contributed by atoms with Crippen molar-refractivity contribution < 1.29 is 4.42 Å². The molecular formula is C8H6BrCl2NO. The van der Waals surface area contributed by atoms with Crippen molar-refractivity contribution in [2.75, 3.05) is 5.73 Å². The summed E-state index contributed by atoms with van der Waals surface area (Å²) in [5.41, 5.74) is 7.06. The molecule has 0 spiro atoms. The van der Waals surface area contributed by atoms with E-state index in [0.717, 1.165) is 9.86 Å². The average Bonchev–Trinajstić information content (AvgIpc) is 2.48. The van der Waals surface area contributed by atoms with Crippen molar-refractivity contribution in [1.29, 1.82) is 0 Å². The van der Waals surface area contributed by atoms with Crippen LogP contribution in [0.1, 0.15) is 0 Å². The van der Waals surface area contributed by atoms with Gasteiger partial charge >= 0.3 is 0 Å². The van der Waals surface area contributed by atoms with Crippen molar-refractivity contribution in [2.24, 2.45) is 0 Å². The molecule has 70 valence electrons. The maximum absolute atomic E-state index is 5.90. The van der Waals surface area contributed by atoms with Gasteiger partial charge in [0.05, 0.1) is 17.0 Å². The van der Waals surface area contributed by atoms with Crippen LogP contribution in [0.4, 0.5) is 5.69 Å². The molecule has 1 heterocycles. The molecule has 2 nitrogen and oxygen atoms in total. The Kier molecular flexibility index (Phi) is 3.11. The van der Waals surface area contributed by atoms with Gasteiger partial charge in [-0.1, -0.05) is 11.6 Å². The SMILES string of the molecule is Cl.Nc1c(Br)cc(Cl)c2occc12. The lowest BCUT2D eigenvalue weighted by molar-refractivity contribution is 0.616. The summed E-state index contributed by atoms with van der Waals surface area (Å²) in [6.45, 7) is 0. The molecule has 1 aromatic carbocycles. The molecule has 0 atom stereocenters. The highest BCUT2D eigenvalue weighted by atomic mass is 79.9. The van der Waals surface area contributed by atoms with Crippen LogP contribution in [0.5, 0.6) is 0 Å². The minimum atomic E-state index is 0. The first kappa shape index (κ1) is 10.7. The van der Waals surface area contributed by atoms with Crippen LogP contribution < -0.4 is 5.73 Å². The van der Waals surface area contributed by atoms with E-state index in [1.807, 2.05) is 0 Å². The molecule has 0 aliphatic carbocycles. The zero-order valence-electron chi connectivity index (χ0n) is 6.38. The monoisotopic (exact) mass is 281 g/mol. The number of hydrogen-bond acceptors (Lipinski definition) is 2. The summed E-state index contributed by atoms with van der Waals surface area (Å²) in [5, 5.41) is 1.41. The van der Waals surface area contributed by atoms with Crippen molar-refractivity contribution in [2.45, 2.75) is 0 Å². The molecular weight excluding hydrogens is 277 g/mol.